The molecule has 0 aromatic heterocycles. The smallest absolute Gasteiger partial charge is 0.331 e. The van der Waals surface area contributed by atoms with Crippen molar-refractivity contribution in [2.75, 3.05) is 18.4 Å². The molecule has 1 atom stereocenters. The van der Waals surface area contributed by atoms with Crippen LogP contribution in [0.5, 0.6) is 0 Å². The summed E-state index contributed by atoms with van der Waals surface area (Å²) in [5.74, 6) is -0.249. The van der Waals surface area contributed by atoms with Crippen molar-refractivity contribution in [3.05, 3.63) is 65.5 Å². The Balaban J connectivity index is 1.37. The van der Waals surface area contributed by atoms with E-state index in [0.717, 1.165) is 62.8 Å². The van der Waals surface area contributed by atoms with Crippen molar-refractivity contribution in [3.8, 4) is 0 Å². The van der Waals surface area contributed by atoms with E-state index in [9.17, 15) is 22.4 Å². The number of anilines is 1. The molecule has 1 saturated heterocycles. The molecule has 1 saturated carbocycles. The fourth-order valence-corrected chi connectivity index (χ4v) is 4.72. The van der Waals surface area contributed by atoms with E-state index < -0.39 is 17.8 Å². The van der Waals surface area contributed by atoms with Gasteiger partial charge in [-0.05, 0) is 81.0 Å². The second kappa shape index (κ2) is 9.10. The van der Waals surface area contributed by atoms with Gasteiger partial charge in [0, 0.05) is 18.3 Å². The van der Waals surface area contributed by atoms with Gasteiger partial charge in [0.05, 0.1) is 11.1 Å². The molecule has 1 aliphatic heterocycles. The lowest BCUT2D eigenvalue weighted by Crippen LogP contribution is -2.61. The summed E-state index contributed by atoms with van der Waals surface area (Å²) in [6.45, 7) is 1.64. The zero-order chi connectivity index (χ0) is 22.8. The van der Waals surface area contributed by atoms with Crippen LogP contribution in [0, 0.1) is 5.82 Å². The average Bonchev–Trinajstić information content (AvgIpc) is 3.14. The van der Waals surface area contributed by atoms with Gasteiger partial charge < -0.3 is 10.6 Å². The Bertz CT molecular complexity index is 941. The molecule has 172 valence electrons. The van der Waals surface area contributed by atoms with E-state index in [4.69, 9.17) is 0 Å². The van der Waals surface area contributed by atoms with E-state index in [2.05, 4.69) is 15.5 Å². The molecule has 4 rings (SSSR count). The van der Waals surface area contributed by atoms with E-state index in [1.165, 1.54) is 24.3 Å². The number of alkyl halides is 3. The number of carbonyl (C=O) groups is 1. The number of rotatable bonds is 6. The minimum atomic E-state index is -4.46. The first-order valence-electron chi connectivity index (χ1n) is 11.0. The minimum absolute atomic E-state index is 0.113. The Morgan fingerprint density at radius 2 is 1.84 bits per heavy atom. The summed E-state index contributed by atoms with van der Waals surface area (Å²) >= 11 is 0. The molecule has 2 amide bonds. The third-order valence-corrected chi connectivity index (χ3v) is 6.53. The predicted octanol–water partition coefficient (Wildman–Crippen LogP) is 5.60. The molecule has 1 heterocycles. The first-order valence-corrected chi connectivity index (χ1v) is 11.0. The number of urea groups is 1. The zero-order valence-corrected chi connectivity index (χ0v) is 17.7. The quantitative estimate of drug-likeness (QED) is 0.564. The highest BCUT2D eigenvalue weighted by Gasteiger charge is 2.42. The summed E-state index contributed by atoms with van der Waals surface area (Å²) in [6, 6.07) is 11.0. The molecule has 1 aliphatic carbocycles. The Morgan fingerprint density at radius 3 is 2.50 bits per heavy atom. The van der Waals surface area contributed by atoms with Gasteiger partial charge in [0.25, 0.3) is 0 Å². The van der Waals surface area contributed by atoms with Gasteiger partial charge in [-0.25, -0.2) is 9.18 Å². The largest absolute Gasteiger partial charge is 0.416 e. The number of benzene rings is 2. The first-order chi connectivity index (χ1) is 15.2. The average molecular weight is 449 g/mol. The van der Waals surface area contributed by atoms with Crippen LogP contribution in [0.4, 0.5) is 28.0 Å². The lowest BCUT2D eigenvalue weighted by molar-refractivity contribution is -0.137. The van der Waals surface area contributed by atoms with Crippen molar-refractivity contribution in [1.29, 1.82) is 0 Å². The van der Waals surface area contributed by atoms with E-state index in [1.807, 2.05) is 12.1 Å². The van der Waals surface area contributed by atoms with E-state index in [1.54, 1.807) is 0 Å². The van der Waals surface area contributed by atoms with Crippen LogP contribution in [0.15, 0.2) is 48.5 Å². The summed E-state index contributed by atoms with van der Waals surface area (Å²) in [4.78, 5) is 15.0. The second-order valence-electron chi connectivity index (χ2n) is 8.89. The molecular weight excluding hydrogens is 422 g/mol. The number of nitrogens with zero attached hydrogens (tertiary/aromatic N) is 1. The van der Waals surface area contributed by atoms with Gasteiger partial charge in [-0.15, -0.1) is 0 Å². The van der Waals surface area contributed by atoms with Crippen LogP contribution >= 0.6 is 0 Å². The Morgan fingerprint density at radius 1 is 1.09 bits per heavy atom. The molecule has 4 nitrogen and oxygen atoms in total. The number of hydrogen-bond acceptors (Lipinski definition) is 2. The van der Waals surface area contributed by atoms with Gasteiger partial charge in [0.15, 0.2) is 0 Å². The molecule has 2 aliphatic rings. The molecule has 0 radical (unpaired) electrons. The highest BCUT2D eigenvalue weighted by atomic mass is 19.4. The van der Waals surface area contributed by atoms with Crippen LogP contribution < -0.4 is 10.6 Å². The molecule has 8 heteroatoms. The SMILES string of the molecule is O=C(Nc1cccc(C(F)(F)F)c1)NC1(CN2CCCC2Cc2ccc(F)cc2)CCC1. The van der Waals surface area contributed by atoms with Gasteiger partial charge in [-0.3, -0.25) is 4.90 Å². The molecule has 2 aromatic rings. The van der Waals surface area contributed by atoms with Gasteiger partial charge in [0.2, 0.25) is 0 Å². The lowest BCUT2D eigenvalue weighted by Gasteiger charge is -2.46. The summed E-state index contributed by atoms with van der Waals surface area (Å²) in [5, 5.41) is 5.59. The second-order valence-corrected chi connectivity index (χ2v) is 8.89. The molecular formula is C24H27F4N3O. The number of hydrogen-bond donors (Lipinski definition) is 2. The molecule has 2 aromatic carbocycles. The summed E-state index contributed by atoms with van der Waals surface area (Å²) in [7, 11) is 0. The van der Waals surface area contributed by atoms with Crippen molar-refractivity contribution in [2.45, 2.75) is 56.3 Å². The summed E-state index contributed by atoms with van der Waals surface area (Å²) < 4.78 is 52.0. The zero-order valence-electron chi connectivity index (χ0n) is 17.7. The van der Waals surface area contributed by atoms with Crippen LogP contribution in [-0.4, -0.2) is 35.6 Å². The van der Waals surface area contributed by atoms with Crippen LogP contribution in [0.1, 0.15) is 43.2 Å². The molecule has 0 bridgehead atoms. The van der Waals surface area contributed by atoms with Crippen LogP contribution in [0.2, 0.25) is 0 Å². The van der Waals surface area contributed by atoms with Gasteiger partial charge in [-0.1, -0.05) is 18.2 Å². The monoisotopic (exact) mass is 449 g/mol. The topological polar surface area (TPSA) is 44.4 Å². The van der Waals surface area contributed by atoms with E-state index >= 15 is 0 Å². The van der Waals surface area contributed by atoms with Crippen LogP contribution in [-0.2, 0) is 12.6 Å². The number of nitrogens with one attached hydrogen (secondary N) is 2. The van der Waals surface area contributed by atoms with Gasteiger partial charge >= 0.3 is 12.2 Å². The van der Waals surface area contributed by atoms with Crippen LogP contribution in [0.25, 0.3) is 0 Å². The maximum atomic E-state index is 13.2. The Kier molecular flexibility index (Phi) is 6.42. The normalized spacial score (nSPS) is 20.6. The molecule has 2 fully saturated rings. The van der Waals surface area contributed by atoms with Gasteiger partial charge in [0.1, 0.15) is 5.82 Å². The number of likely N-dealkylation sites (tertiary alicyclic amines) is 1. The minimum Gasteiger partial charge on any atom is -0.331 e. The number of carbonyl (C=O) groups excluding carboxylic acids is 1. The number of amides is 2. The summed E-state index contributed by atoms with van der Waals surface area (Å²) in [6.07, 6.45) is 1.15. The third-order valence-electron chi connectivity index (χ3n) is 6.53. The van der Waals surface area contributed by atoms with Crippen molar-refractivity contribution in [3.63, 3.8) is 0 Å². The van der Waals surface area contributed by atoms with Crippen molar-refractivity contribution >= 4 is 11.7 Å². The molecule has 0 spiro atoms. The number of halogens is 4. The van der Waals surface area contributed by atoms with E-state index in [0.29, 0.717) is 12.6 Å². The standard InChI is InChI=1S/C24H27F4N3O/c25-19-9-7-17(8-10-19)14-21-6-2-13-31(21)16-23(11-3-12-23)30-22(32)29-20-5-1-4-18(15-20)24(26,27)28/h1,4-5,7-10,15,21H,2-3,6,11-14,16H2,(H2,29,30,32). The Hall–Kier alpha value is -2.61. The fourth-order valence-electron chi connectivity index (χ4n) is 4.72. The van der Waals surface area contributed by atoms with Crippen molar-refractivity contribution < 1.29 is 22.4 Å². The third kappa shape index (κ3) is 5.41. The van der Waals surface area contributed by atoms with Gasteiger partial charge in [-0.2, -0.15) is 13.2 Å². The lowest BCUT2D eigenvalue weighted by atomic mass is 9.76. The van der Waals surface area contributed by atoms with Crippen LogP contribution in [0.3, 0.4) is 0 Å². The summed E-state index contributed by atoms with van der Waals surface area (Å²) in [5.41, 5.74) is 0.0228. The molecule has 32 heavy (non-hydrogen) atoms. The highest BCUT2D eigenvalue weighted by molar-refractivity contribution is 5.90. The first kappa shape index (κ1) is 22.6. The maximum Gasteiger partial charge on any atom is 0.416 e. The fraction of sp³-hybridized carbons (Fsp3) is 0.458. The molecule has 1 unspecified atom stereocenters. The van der Waals surface area contributed by atoms with Crippen molar-refractivity contribution in [1.82, 2.24) is 10.2 Å². The molecule has 2 N–H and O–H groups in total. The predicted molar refractivity (Wildman–Crippen MR) is 115 cm³/mol. The highest BCUT2D eigenvalue weighted by Crippen LogP contribution is 2.35. The Labute approximate surface area is 185 Å². The maximum absolute atomic E-state index is 13.2. The van der Waals surface area contributed by atoms with Crippen molar-refractivity contribution in [2.24, 2.45) is 0 Å². The van der Waals surface area contributed by atoms with E-state index in [-0.39, 0.29) is 17.0 Å².